The molecule has 298 valence electrons. The lowest BCUT2D eigenvalue weighted by Crippen LogP contribution is -2.15. The summed E-state index contributed by atoms with van der Waals surface area (Å²) >= 11 is 1.88. The number of fused-ring (bicyclic) bond motifs is 9. The van der Waals surface area contributed by atoms with Crippen molar-refractivity contribution in [1.29, 1.82) is 0 Å². The van der Waals surface area contributed by atoms with Gasteiger partial charge in [-0.25, -0.2) is 0 Å². The van der Waals surface area contributed by atoms with E-state index < -0.39 is 0 Å². The average Bonchev–Trinajstić information content (AvgIpc) is 3.83. The van der Waals surface area contributed by atoms with Gasteiger partial charge in [0.05, 0.1) is 0 Å². The summed E-state index contributed by atoms with van der Waals surface area (Å²) in [5, 5.41) is 11.1. The Labute approximate surface area is 365 Å². The van der Waals surface area contributed by atoms with Gasteiger partial charge in [-0.3, -0.25) is 0 Å². The molecule has 0 saturated heterocycles. The van der Waals surface area contributed by atoms with E-state index in [4.69, 9.17) is 0 Å². The molecule has 2 heteroatoms. The van der Waals surface area contributed by atoms with E-state index in [1.54, 1.807) is 0 Å². The molecule has 0 aliphatic heterocycles. The summed E-state index contributed by atoms with van der Waals surface area (Å²) in [4.78, 5) is 0. The third kappa shape index (κ3) is 7.04. The van der Waals surface area contributed by atoms with Crippen LogP contribution in [0, 0.1) is 12.0 Å². The lowest BCUT2D eigenvalue weighted by atomic mass is 9.81. The lowest BCUT2D eigenvalue weighted by molar-refractivity contribution is 0.655. The zero-order valence-electron chi connectivity index (χ0n) is 36.0. The van der Waals surface area contributed by atoms with Crippen molar-refractivity contribution in [3.05, 3.63) is 221 Å². The Bertz CT molecular complexity index is 3220. The summed E-state index contributed by atoms with van der Waals surface area (Å²) < 4.78 is 2.65. The first-order valence-electron chi connectivity index (χ1n) is 21.3. The van der Waals surface area contributed by atoms with Gasteiger partial charge in [0.2, 0.25) is 0 Å². The molecule has 2 aliphatic rings. The van der Waals surface area contributed by atoms with Crippen molar-refractivity contribution in [3.63, 3.8) is 0 Å². The van der Waals surface area contributed by atoms with Gasteiger partial charge >= 0.3 is 0 Å². The second-order valence-corrected chi connectivity index (χ2v) is 18.2. The van der Waals surface area contributed by atoms with Crippen molar-refractivity contribution in [2.24, 2.45) is 0 Å². The normalized spacial score (nSPS) is 17.3. The minimum Gasteiger partial charge on any atom is -0.319 e. The SMILES string of the molecule is C=CC1=C(/C=C(\C)NC#CC/C=C(\C=C/c2cc3ccccc3c3ccccc23)/C=C/C=C2\C(=C/C)C(C)(C)c3ccccc32)c2c(ccc3c2sc2ccccc23)C1(C)C. The highest BCUT2D eigenvalue weighted by Gasteiger charge is 2.38. The first kappa shape index (κ1) is 39.8. The number of hydrogen-bond acceptors (Lipinski definition) is 2. The molecule has 7 aromatic rings. The summed E-state index contributed by atoms with van der Waals surface area (Å²) in [5.41, 5.74) is 13.6. The summed E-state index contributed by atoms with van der Waals surface area (Å²) in [5.74, 6) is 3.40. The Hall–Kier alpha value is -6.66. The van der Waals surface area contributed by atoms with Crippen LogP contribution >= 0.6 is 11.3 Å². The molecule has 0 atom stereocenters. The van der Waals surface area contributed by atoms with Crippen LogP contribution in [-0.4, -0.2) is 0 Å². The average molecular weight is 806 g/mol. The maximum Gasteiger partial charge on any atom is 0.0437 e. The molecule has 0 unspecified atom stereocenters. The van der Waals surface area contributed by atoms with E-state index in [0.29, 0.717) is 6.42 Å². The summed E-state index contributed by atoms with van der Waals surface area (Å²) in [6.45, 7) is 17.8. The van der Waals surface area contributed by atoms with Crippen LogP contribution in [0.4, 0.5) is 0 Å². The van der Waals surface area contributed by atoms with Crippen LogP contribution in [0.25, 0.3) is 58.9 Å². The third-order valence-corrected chi connectivity index (χ3v) is 14.0. The molecule has 0 amide bonds. The standard InChI is InChI=1S/C59H51NS/c1-8-51-46(47-27-14-16-30-53(47)58(51,4)5)29-20-22-40(32-33-42-38-41-23-10-11-24-43(41)45-26-13-12-25-44(42)45)21-18-19-36-60-39(3)37-50-52(9-2)59(6,7)54-35-34-49-48-28-15-17-31-55(48)61-57(49)56(50)54/h8-17,20-35,37-38,60H,2,18H2,1,3-7H3/b22-20+,33-32-,39-37+,40-21-,46-29-,51-8+. The van der Waals surface area contributed by atoms with Crippen molar-refractivity contribution in [2.45, 2.75) is 58.8 Å². The van der Waals surface area contributed by atoms with Gasteiger partial charge in [-0.1, -0.05) is 192 Å². The number of thiophene rings is 1. The largest absolute Gasteiger partial charge is 0.319 e. The first-order valence-corrected chi connectivity index (χ1v) is 22.1. The third-order valence-electron chi connectivity index (χ3n) is 12.8. The summed E-state index contributed by atoms with van der Waals surface area (Å²) in [6, 6.07) is 45.1. The Morgan fingerprint density at radius 3 is 2.28 bits per heavy atom. The molecular formula is C59H51NS. The van der Waals surface area contributed by atoms with E-state index in [0.717, 1.165) is 11.3 Å². The predicted molar refractivity (Wildman–Crippen MR) is 268 cm³/mol. The molecule has 0 radical (unpaired) electrons. The molecule has 6 aromatic carbocycles. The Kier molecular flexibility index (Phi) is 10.5. The second-order valence-electron chi connectivity index (χ2n) is 17.2. The monoisotopic (exact) mass is 805 g/mol. The van der Waals surface area contributed by atoms with E-state index in [-0.39, 0.29) is 10.8 Å². The molecule has 61 heavy (non-hydrogen) atoms. The van der Waals surface area contributed by atoms with Crippen molar-refractivity contribution >= 4 is 70.3 Å². The van der Waals surface area contributed by atoms with E-state index in [1.807, 2.05) is 17.4 Å². The number of hydrogen-bond donors (Lipinski definition) is 1. The summed E-state index contributed by atoms with van der Waals surface area (Å²) in [7, 11) is 0. The van der Waals surface area contributed by atoms with Gasteiger partial charge in [0, 0.05) is 54.7 Å². The second kappa shape index (κ2) is 16.1. The van der Waals surface area contributed by atoms with Crippen LogP contribution in [0.5, 0.6) is 0 Å². The molecule has 1 nitrogen and oxygen atoms in total. The van der Waals surface area contributed by atoms with Gasteiger partial charge in [-0.05, 0) is 104 Å². The molecule has 9 rings (SSSR count). The van der Waals surface area contributed by atoms with Crippen LogP contribution in [0.15, 0.2) is 193 Å². The number of rotatable bonds is 8. The molecule has 0 fully saturated rings. The van der Waals surface area contributed by atoms with Crippen molar-refractivity contribution in [2.75, 3.05) is 0 Å². The molecule has 0 bridgehead atoms. The molecule has 1 aromatic heterocycles. The van der Waals surface area contributed by atoms with Crippen LogP contribution in [0.1, 0.15) is 75.8 Å². The highest BCUT2D eigenvalue weighted by atomic mass is 32.1. The van der Waals surface area contributed by atoms with Gasteiger partial charge in [0.1, 0.15) is 0 Å². The molecule has 1 heterocycles. The molecule has 2 aliphatic carbocycles. The lowest BCUT2D eigenvalue weighted by Gasteiger charge is -2.22. The van der Waals surface area contributed by atoms with Gasteiger partial charge < -0.3 is 5.32 Å². The minimum atomic E-state index is -0.151. The van der Waals surface area contributed by atoms with E-state index >= 15 is 0 Å². The molecular weight excluding hydrogens is 755 g/mol. The summed E-state index contributed by atoms with van der Waals surface area (Å²) in [6.07, 6.45) is 20.6. The highest BCUT2D eigenvalue weighted by Crippen LogP contribution is 2.53. The fourth-order valence-corrected chi connectivity index (χ4v) is 11.0. The molecule has 1 N–H and O–H groups in total. The first-order chi connectivity index (χ1) is 29.6. The van der Waals surface area contributed by atoms with E-state index in [1.165, 1.54) is 91.8 Å². The molecule has 0 saturated carbocycles. The zero-order valence-corrected chi connectivity index (χ0v) is 36.8. The topological polar surface area (TPSA) is 12.0 Å². The van der Waals surface area contributed by atoms with E-state index in [9.17, 15) is 0 Å². The smallest absolute Gasteiger partial charge is 0.0437 e. The maximum atomic E-state index is 4.28. The number of benzene rings is 6. The maximum absolute atomic E-state index is 4.28. The highest BCUT2D eigenvalue weighted by molar-refractivity contribution is 7.26. The minimum absolute atomic E-state index is 0.0398. The zero-order chi connectivity index (χ0) is 42.3. The number of allylic oxidation sites excluding steroid dienone is 14. The van der Waals surface area contributed by atoms with Gasteiger partial charge in [-0.15, -0.1) is 11.3 Å². The Morgan fingerprint density at radius 2 is 1.48 bits per heavy atom. The fraction of sp³-hybridized carbons (Fsp3) is 0.153. The Balaban J connectivity index is 1.03. The van der Waals surface area contributed by atoms with Crippen molar-refractivity contribution in [3.8, 4) is 12.0 Å². The van der Waals surface area contributed by atoms with E-state index in [2.05, 4.69) is 229 Å². The quantitative estimate of drug-likeness (QED) is 0.0698. The fourth-order valence-electron chi connectivity index (χ4n) is 9.76. The van der Waals surface area contributed by atoms with Gasteiger partial charge in [-0.2, -0.15) is 0 Å². The van der Waals surface area contributed by atoms with Gasteiger partial charge in [0.15, 0.2) is 0 Å². The predicted octanol–water partition coefficient (Wildman–Crippen LogP) is 16.0. The van der Waals surface area contributed by atoms with Crippen molar-refractivity contribution in [1.82, 2.24) is 5.32 Å². The van der Waals surface area contributed by atoms with Crippen LogP contribution in [-0.2, 0) is 10.8 Å². The van der Waals surface area contributed by atoms with Crippen LogP contribution in [0.3, 0.4) is 0 Å². The van der Waals surface area contributed by atoms with Gasteiger partial charge in [0.25, 0.3) is 0 Å². The Morgan fingerprint density at radius 1 is 0.754 bits per heavy atom. The number of nitrogens with one attached hydrogen (secondary N) is 1. The molecule has 0 spiro atoms. The van der Waals surface area contributed by atoms with Crippen molar-refractivity contribution < 1.29 is 0 Å². The van der Waals surface area contributed by atoms with Crippen LogP contribution in [0.2, 0.25) is 0 Å². The van der Waals surface area contributed by atoms with Crippen LogP contribution < -0.4 is 5.32 Å².